The van der Waals surface area contributed by atoms with Crippen LogP contribution in [0.15, 0.2) is 30.9 Å². The van der Waals surface area contributed by atoms with Gasteiger partial charge in [0.1, 0.15) is 18.9 Å². The molecule has 126 valence electrons. The number of allylic oxidation sites excluding steroid dienone is 2. The van der Waals surface area contributed by atoms with Crippen molar-refractivity contribution >= 4 is 0 Å². The van der Waals surface area contributed by atoms with Crippen molar-refractivity contribution in [2.75, 3.05) is 0 Å². The van der Waals surface area contributed by atoms with Gasteiger partial charge >= 0.3 is 0 Å². The van der Waals surface area contributed by atoms with Gasteiger partial charge in [-0.1, -0.05) is 83.6 Å². The van der Waals surface area contributed by atoms with Crippen LogP contribution < -0.4 is 4.57 Å². The predicted octanol–water partition coefficient (Wildman–Crippen LogP) is 5.95. The molecule has 0 radical (unpaired) electrons. The van der Waals surface area contributed by atoms with Crippen LogP contribution in [0.2, 0.25) is 0 Å². The minimum atomic E-state index is 0.988. The van der Waals surface area contributed by atoms with E-state index >= 15 is 0 Å². The summed E-state index contributed by atoms with van der Waals surface area (Å²) >= 11 is 0. The number of hydrogen-bond donors (Lipinski definition) is 1. The van der Waals surface area contributed by atoms with Gasteiger partial charge in [0.15, 0.2) is 0 Å². The van der Waals surface area contributed by atoms with Crippen LogP contribution in [0.5, 0.6) is 0 Å². The molecule has 1 heterocycles. The number of unbranched alkanes of at least 4 members (excludes halogenated alkanes) is 12. The Hall–Kier alpha value is -1.05. The predicted molar refractivity (Wildman–Crippen MR) is 95.8 cm³/mol. The van der Waals surface area contributed by atoms with E-state index < -0.39 is 0 Å². The maximum atomic E-state index is 3.06. The van der Waals surface area contributed by atoms with Gasteiger partial charge in [0.2, 0.25) is 6.33 Å². The lowest BCUT2D eigenvalue weighted by molar-refractivity contribution is -0.685. The van der Waals surface area contributed by atoms with Crippen molar-refractivity contribution in [3.8, 4) is 0 Å². The zero-order chi connectivity index (χ0) is 15.7. The minimum absolute atomic E-state index is 0.988. The lowest BCUT2D eigenvalue weighted by atomic mass is 10.0. The Kier molecular flexibility index (Phi) is 12.8. The number of rotatable bonds is 15. The molecule has 1 aromatic heterocycles. The monoisotopic (exact) mass is 305 g/mol. The standard InChI is InChI=1S/C20H36N2/c1-2-3-4-5-6-7-8-9-10-11-12-13-14-15-16-18-22-19-17-21-20-22/h15-17,19-20H,2-14,18H2,1H3/p+1. The Morgan fingerprint density at radius 2 is 1.36 bits per heavy atom. The minimum Gasteiger partial charge on any atom is -0.250 e. The van der Waals surface area contributed by atoms with Crippen LogP contribution in [0.1, 0.15) is 90.4 Å². The van der Waals surface area contributed by atoms with Gasteiger partial charge in [-0.25, -0.2) is 4.57 Å². The van der Waals surface area contributed by atoms with Crippen molar-refractivity contribution in [2.45, 2.75) is 96.9 Å². The number of aromatic nitrogens is 2. The smallest absolute Gasteiger partial charge is 0.241 e. The van der Waals surface area contributed by atoms with Crippen molar-refractivity contribution in [1.82, 2.24) is 4.98 Å². The fourth-order valence-electron chi connectivity index (χ4n) is 2.85. The normalized spacial score (nSPS) is 11.5. The molecule has 0 saturated carbocycles. The van der Waals surface area contributed by atoms with Crippen LogP contribution in [0, 0.1) is 0 Å². The average Bonchev–Trinajstić information content (AvgIpc) is 3.04. The summed E-state index contributed by atoms with van der Waals surface area (Å²) in [6, 6.07) is 0. The van der Waals surface area contributed by atoms with Crippen LogP contribution in [0.3, 0.4) is 0 Å². The first-order valence-corrected chi connectivity index (χ1v) is 9.60. The molecule has 0 atom stereocenters. The number of hydrogen-bond acceptors (Lipinski definition) is 0. The highest BCUT2D eigenvalue weighted by Gasteiger charge is 1.93. The van der Waals surface area contributed by atoms with E-state index in [1.807, 2.05) is 12.5 Å². The first-order valence-electron chi connectivity index (χ1n) is 9.60. The van der Waals surface area contributed by atoms with Crippen molar-refractivity contribution in [1.29, 1.82) is 0 Å². The van der Waals surface area contributed by atoms with Gasteiger partial charge in [0, 0.05) is 0 Å². The van der Waals surface area contributed by atoms with E-state index in [4.69, 9.17) is 0 Å². The first kappa shape index (κ1) is 19.0. The number of nitrogens with one attached hydrogen (secondary N) is 1. The fourth-order valence-corrected chi connectivity index (χ4v) is 2.85. The van der Waals surface area contributed by atoms with Crippen LogP contribution in [-0.4, -0.2) is 4.98 Å². The van der Waals surface area contributed by atoms with Gasteiger partial charge in [-0.2, -0.15) is 0 Å². The zero-order valence-electron chi connectivity index (χ0n) is 14.7. The average molecular weight is 306 g/mol. The number of imidazole rings is 1. The summed E-state index contributed by atoms with van der Waals surface area (Å²) in [5, 5.41) is 0. The molecule has 0 bridgehead atoms. The summed E-state index contributed by atoms with van der Waals surface area (Å²) in [4.78, 5) is 3.06. The second kappa shape index (κ2) is 14.9. The highest BCUT2D eigenvalue weighted by molar-refractivity contribution is 4.78. The molecule has 2 heteroatoms. The van der Waals surface area contributed by atoms with Crippen molar-refractivity contribution in [2.24, 2.45) is 0 Å². The van der Waals surface area contributed by atoms with Gasteiger partial charge in [-0.05, 0) is 18.9 Å². The SMILES string of the molecule is CCCCCCCCCCCCCCC=CC[n+]1cc[nH]c1. The van der Waals surface area contributed by atoms with E-state index in [2.05, 4.69) is 34.8 Å². The third-order valence-corrected chi connectivity index (χ3v) is 4.31. The molecule has 0 aliphatic carbocycles. The number of H-pyrrole nitrogens is 1. The van der Waals surface area contributed by atoms with Crippen LogP contribution >= 0.6 is 0 Å². The van der Waals surface area contributed by atoms with Gasteiger partial charge < -0.3 is 0 Å². The largest absolute Gasteiger partial charge is 0.250 e. The first-order chi connectivity index (χ1) is 10.9. The summed E-state index contributed by atoms with van der Waals surface area (Å²) in [5.74, 6) is 0. The third kappa shape index (κ3) is 11.6. The molecule has 0 aliphatic rings. The number of nitrogens with zero attached hydrogens (tertiary/aromatic N) is 1. The van der Waals surface area contributed by atoms with Crippen molar-refractivity contribution in [3.05, 3.63) is 30.9 Å². The molecule has 0 aromatic carbocycles. The summed E-state index contributed by atoms with van der Waals surface area (Å²) in [6.45, 7) is 3.28. The third-order valence-electron chi connectivity index (χ3n) is 4.31. The Bertz CT molecular complexity index is 341. The molecule has 0 amide bonds. The molecule has 0 fully saturated rings. The molecule has 1 rings (SSSR count). The highest BCUT2D eigenvalue weighted by Crippen LogP contribution is 2.12. The molecule has 22 heavy (non-hydrogen) atoms. The van der Waals surface area contributed by atoms with Gasteiger partial charge in [0.25, 0.3) is 0 Å². The summed E-state index contributed by atoms with van der Waals surface area (Å²) in [7, 11) is 0. The molecule has 2 nitrogen and oxygen atoms in total. The topological polar surface area (TPSA) is 19.7 Å². The van der Waals surface area contributed by atoms with Crippen molar-refractivity contribution < 1.29 is 4.57 Å². The quantitative estimate of drug-likeness (QED) is 0.235. The summed E-state index contributed by atoms with van der Waals surface area (Å²) < 4.78 is 2.15. The van der Waals surface area contributed by atoms with Gasteiger partial charge in [-0.15, -0.1) is 0 Å². The Labute approximate surface area is 138 Å². The zero-order valence-corrected chi connectivity index (χ0v) is 14.7. The van der Waals surface area contributed by atoms with Crippen LogP contribution in [0.4, 0.5) is 0 Å². The van der Waals surface area contributed by atoms with Crippen LogP contribution in [-0.2, 0) is 6.54 Å². The summed E-state index contributed by atoms with van der Waals surface area (Å²) in [6.07, 6.45) is 29.0. The van der Waals surface area contributed by atoms with E-state index in [-0.39, 0.29) is 0 Å². The highest BCUT2D eigenvalue weighted by atomic mass is 15.0. The molecule has 0 saturated heterocycles. The molecular formula is C20H37N2+. The second-order valence-electron chi connectivity index (χ2n) is 6.46. The molecular weight excluding hydrogens is 268 g/mol. The Morgan fingerprint density at radius 1 is 0.773 bits per heavy atom. The maximum Gasteiger partial charge on any atom is 0.241 e. The molecule has 1 N–H and O–H groups in total. The maximum absolute atomic E-state index is 3.06. The molecule has 0 spiro atoms. The molecule has 1 aromatic rings. The van der Waals surface area contributed by atoms with E-state index in [0.29, 0.717) is 0 Å². The summed E-state index contributed by atoms with van der Waals surface area (Å²) in [5.41, 5.74) is 0. The van der Waals surface area contributed by atoms with Crippen LogP contribution in [0.25, 0.3) is 0 Å². The van der Waals surface area contributed by atoms with E-state index in [1.165, 1.54) is 83.5 Å². The van der Waals surface area contributed by atoms with E-state index in [0.717, 1.165) is 6.54 Å². The fraction of sp³-hybridized carbons (Fsp3) is 0.750. The van der Waals surface area contributed by atoms with Crippen molar-refractivity contribution in [3.63, 3.8) is 0 Å². The lowest BCUT2D eigenvalue weighted by Gasteiger charge is -2.02. The van der Waals surface area contributed by atoms with Gasteiger partial charge in [0.05, 0.1) is 0 Å². The van der Waals surface area contributed by atoms with E-state index in [9.17, 15) is 0 Å². The second-order valence-corrected chi connectivity index (χ2v) is 6.46. The lowest BCUT2D eigenvalue weighted by Crippen LogP contribution is -2.28. The van der Waals surface area contributed by atoms with Gasteiger partial charge in [-0.3, -0.25) is 4.98 Å². The Morgan fingerprint density at radius 3 is 1.91 bits per heavy atom. The van der Waals surface area contributed by atoms with E-state index in [1.54, 1.807) is 0 Å². The number of aromatic amines is 1. The molecule has 0 unspecified atom stereocenters. The molecule has 0 aliphatic heterocycles. The Balaban J connectivity index is 1.74.